The number of sulfonamides is 1. The lowest BCUT2D eigenvalue weighted by atomic mass is 10.3. The third-order valence-corrected chi connectivity index (χ3v) is 6.39. The third kappa shape index (κ3) is 5.81. The molecule has 0 spiro atoms. The quantitative estimate of drug-likeness (QED) is 0.297. The van der Waals surface area contributed by atoms with Crippen molar-refractivity contribution in [2.45, 2.75) is 4.21 Å². The maximum Gasteiger partial charge on any atom is 0.250 e. The molecule has 146 valence electrons. The predicted molar refractivity (Wildman–Crippen MR) is 113 cm³/mol. The van der Waals surface area contributed by atoms with Crippen molar-refractivity contribution in [2.24, 2.45) is 10.7 Å². The largest absolute Gasteiger partial charge is 0.457 e. The summed E-state index contributed by atoms with van der Waals surface area (Å²) in [4.78, 5) is 4.14. The Morgan fingerprint density at radius 3 is 2.57 bits per heavy atom. The SMILES string of the molecule is NC(=NCCNS(=O)(=O)c1cccs1)Nc1cccc(Oc2ccccc2)c1. The van der Waals surface area contributed by atoms with E-state index in [1.54, 1.807) is 23.6 Å². The summed E-state index contributed by atoms with van der Waals surface area (Å²) in [6.45, 7) is 0.364. The predicted octanol–water partition coefficient (Wildman–Crippen LogP) is 3.25. The first-order valence-corrected chi connectivity index (χ1v) is 10.8. The smallest absolute Gasteiger partial charge is 0.250 e. The molecule has 7 nitrogen and oxygen atoms in total. The van der Waals surface area contributed by atoms with E-state index in [2.05, 4.69) is 15.0 Å². The van der Waals surface area contributed by atoms with Gasteiger partial charge >= 0.3 is 0 Å². The lowest BCUT2D eigenvalue weighted by Crippen LogP contribution is -2.28. The van der Waals surface area contributed by atoms with Crippen molar-refractivity contribution in [3.8, 4) is 11.5 Å². The molecule has 0 unspecified atom stereocenters. The number of hydrogen-bond acceptors (Lipinski definition) is 5. The van der Waals surface area contributed by atoms with Gasteiger partial charge in [0.2, 0.25) is 10.0 Å². The maximum absolute atomic E-state index is 12.0. The van der Waals surface area contributed by atoms with Crippen LogP contribution in [0.1, 0.15) is 0 Å². The molecule has 0 aliphatic rings. The molecule has 0 bridgehead atoms. The van der Waals surface area contributed by atoms with Gasteiger partial charge in [-0.05, 0) is 35.7 Å². The zero-order chi connectivity index (χ0) is 19.8. The number of nitrogens with one attached hydrogen (secondary N) is 2. The van der Waals surface area contributed by atoms with Crippen LogP contribution in [0.3, 0.4) is 0 Å². The highest BCUT2D eigenvalue weighted by atomic mass is 32.2. The van der Waals surface area contributed by atoms with Gasteiger partial charge in [0.15, 0.2) is 5.96 Å². The Labute approximate surface area is 167 Å². The van der Waals surface area contributed by atoms with Crippen molar-refractivity contribution in [1.29, 1.82) is 0 Å². The first-order chi connectivity index (χ1) is 13.5. The average molecular weight is 417 g/mol. The van der Waals surface area contributed by atoms with E-state index >= 15 is 0 Å². The molecule has 0 amide bonds. The van der Waals surface area contributed by atoms with Gasteiger partial charge in [0.25, 0.3) is 0 Å². The summed E-state index contributed by atoms with van der Waals surface area (Å²) < 4.78 is 32.6. The molecule has 0 saturated carbocycles. The fraction of sp³-hybridized carbons (Fsp3) is 0.105. The van der Waals surface area contributed by atoms with Crippen LogP contribution in [0.25, 0.3) is 0 Å². The van der Waals surface area contributed by atoms with Crippen LogP contribution in [-0.2, 0) is 10.0 Å². The van der Waals surface area contributed by atoms with Gasteiger partial charge in [0.05, 0.1) is 6.54 Å². The molecule has 1 heterocycles. The molecule has 28 heavy (non-hydrogen) atoms. The van der Waals surface area contributed by atoms with Crippen LogP contribution < -0.4 is 20.5 Å². The van der Waals surface area contributed by atoms with Crippen molar-refractivity contribution < 1.29 is 13.2 Å². The molecule has 2 aromatic carbocycles. The van der Waals surface area contributed by atoms with Gasteiger partial charge in [-0.25, -0.2) is 13.1 Å². The summed E-state index contributed by atoms with van der Waals surface area (Å²) in [5.74, 6) is 1.58. The Bertz CT molecular complexity index is 1020. The lowest BCUT2D eigenvalue weighted by molar-refractivity contribution is 0.483. The molecule has 3 aromatic rings. The van der Waals surface area contributed by atoms with Crippen molar-refractivity contribution >= 4 is 33.0 Å². The fourth-order valence-electron chi connectivity index (χ4n) is 2.29. The Morgan fingerprint density at radius 1 is 1.04 bits per heavy atom. The first-order valence-electron chi connectivity index (χ1n) is 8.46. The van der Waals surface area contributed by atoms with Crippen LogP contribution >= 0.6 is 11.3 Å². The minimum absolute atomic E-state index is 0.153. The second kappa shape index (κ2) is 9.36. The molecular formula is C19H20N4O3S2. The lowest BCUT2D eigenvalue weighted by Gasteiger charge is -2.09. The van der Waals surface area contributed by atoms with Crippen molar-refractivity contribution in [1.82, 2.24) is 4.72 Å². The Hall–Kier alpha value is -2.88. The summed E-state index contributed by atoms with van der Waals surface area (Å²) in [6, 6.07) is 20.0. The van der Waals surface area contributed by atoms with E-state index in [4.69, 9.17) is 10.5 Å². The standard InChI is InChI=1S/C19H20N4O3S2/c20-19(21-11-12-22-28(24,25)18-10-5-13-27-18)23-15-6-4-9-17(14-15)26-16-7-2-1-3-8-16/h1-10,13-14,22H,11-12H2,(H3,20,21,23). The van der Waals surface area contributed by atoms with Gasteiger partial charge in [-0.3, -0.25) is 4.99 Å². The number of thiophene rings is 1. The molecule has 9 heteroatoms. The van der Waals surface area contributed by atoms with Gasteiger partial charge in [-0.1, -0.05) is 30.3 Å². The zero-order valence-electron chi connectivity index (χ0n) is 14.9. The van der Waals surface area contributed by atoms with Crippen LogP contribution in [0.4, 0.5) is 5.69 Å². The number of para-hydroxylation sites is 1. The molecule has 0 aliphatic heterocycles. The molecule has 0 atom stereocenters. The number of rotatable bonds is 8. The number of guanidine groups is 1. The van der Waals surface area contributed by atoms with Crippen molar-refractivity contribution in [3.05, 3.63) is 72.1 Å². The normalized spacial score (nSPS) is 11.9. The topological polar surface area (TPSA) is 106 Å². The Morgan fingerprint density at radius 2 is 1.82 bits per heavy atom. The van der Waals surface area contributed by atoms with Gasteiger partial charge in [0.1, 0.15) is 15.7 Å². The second-order valence-corrected chi connectivity index (χ2v) is 8.61. The molecule has 0 saturated heterocycles. The Kier molecular flexibility index (Phi) is 6.64. The molecule has 3 rings (SSSR count). The third-order valence-electron chi connectivity index (χ3n) is 3.53. The first kappa shape index (κ1) is 19.9. The molecular weight excluding hydrogens is 396 g/mol. The number of nitrogens with zero attached hydrogens (tertiary/aromatic N) is 1. The minimum Gasteiger partial charge on any atom is -0.457 e. The van der Waals surface area contributed by atoms with E-state index in [0.29, 0.717) is 11.4 Å². The highest BCUT2D eigenvalue weighted by Gasteiger charge is 2.13. The molecule has 0 fully saturated rings. The van der Waals surface area contributed by atoms with Crippen LogP contribution in [0.2, 0.25) is 0 Å². The van der Waals surface area contributed by atoms with E-state index in [1.807, 2.05) is 48.5 Å². The average Bonchev–Trinajstić information content (AvgIpc) is 3.22. The van der Waals surface area contributed by atoms with Gasteiger partial charge in [0, 0.05) is 18.3 Å². The Balaban J connectivity index is 1.51. The summed E-state index contributed by atoms with van der Waals surface area (Å²) >= 11 is 1.16. The van der Waals surface area contributed by atoms with E-state index in [-0.39, 0.29) is 23.3 Å². The van der Waals surface area contributed by atoms with Gasteiger partial charge in [-0.2, -0.15) is 0 Å². The van der Waals surface area contributed by atoms with Crippen LogP contribution in [0.15, 0.2) is 81.3 Å². The van der Waals surface area contributed by atoms with E-state index in [1.165, 1.54) is 0 Å². The monoisotopic (exact) mass is 416 g/mol. The highest BCUT2D eigenvalue weighted by Crippen LogP contribution is 2.23. The van der Waals surface area contributed by atoms with Crippen LogP contribution in [0.5, 0.6) is 11.5 Å². The van der Waals surface area contributed by atoms with Gasteiger partial charge in [-0.15, -0.1) is 11.3 Å². The summed E-state index contributed by atoms with van der Waals surface area (Å²) in [5.41, 5.74) is 6.59. The number of anilines is 1. The van der Waals surface area contributed by atoms with Crippen LogP contribution in [0, 0.1) is 0 Å². The summed E-state index contributed by atoms with van der Waals surface area (Å²) in [6.07, 6.45) is 0. The maximum atomic E-state index is 12.0. The molecule has 1 aromatic heterocycles. The second-order valence-electron chi connectivity index (χ2n) is 5.66. The van der Waals surface area contributed by atoms with Crippen LogP contribution in [-0.4, -0.2) is 27.5 Å². The number of ether oxygens (including phenoxy) is 1. The molecule has 0 radical (unpaired) electrons. The number of hydrogen-bond donors (Lipinski definition) is 3. The zero-order valence-corrected chi connectivity index (χ0v) is 16.5. The number of nitrogens with two attached hydrogens (primary N) is 1. The van der Waals surface area contributed by atoms with Gasteiger partial charge < -0.3 is 15.8 Å². The summed E-state index contributed by atoms with van der Waals surface area (Å²) in [5, 5.41) is 4.68. The summed E-state index contributed by atoms with van der Waals surface area (Å²) in [7, 11) is -3.49. The number of benzene rings is 2. The van der Waals surface area contributed by atoms with E-state index in [9.17, 15) is 8.42 Å². The molecule has 0 aliphatic carbocycles. The molecule has 4 N–H and O–H groups in total. The minimum atomic E-state index is -3.49. The van der Waals surface area contributed by atoms with Crippen molar-refractivity contribution in [3.63, 3.8) is 0 Å². The fourth-order valence-corrected chi connectivity index (χ4v) is 4.35. The number of aliphatic imine (C=N–C) groups is 1. The van der Waals surface area contributed by atoms with Crippen molar-refractivity contribution in [2.75, 3.05) is 18.4 Å². The van der Waals surface area contributed by atoms with E-state index in [0.717, 1.165) is 17.1 Å². The highest BCUT2D eigenvalue weighted by molar-refractivity contribution is 7.91. The van der Waals surface area contributed by atoms with E-state index < -0.39 is 10.0 Å².